The van der Waals surface area contributed by atoms with Crippen LogP contribution in [0.25, 0.3) is 0 Å². The highest BCUT2D eigenvalue weighted by atomic mass is 35.5. The largest absolute Gasteiger partial charge is 0.272 e. The van der Waals surface area contributed by atoms with Crippen molar-refractivity contribution in [2.24, 2.45) is 5.92 Å². The van der Waals surface area contributed by atoms with Crippen LogP contribution in [0.5, 0.6) is 0 Å². The Bertz CT molecular complexity index is 158. The second-order valence-electron chi connectivity index (χ2n) is 2.98. The first-order valence-electron chi connectivity index (χ1n) is 3.31. The minimum Gasteiger partial charge on any atom is -0.272 e. The minimum absolute atomic E-state index is 0.287. The van der Waals surface area contributed by atoms with Gasteiger partial charge < -0.3 is 0 Å². The predicted octanol–water partition coefficient (Wildman–Crippen LogP) is 2.68. The summed E-state index contributed by atoms with van der Waals surface area (Å²) in [7, 11) is 0. The van der Waals surface area contributed by atoms with E-state index >= 15 is 0 Å². The van der Waals surface area contributed by atoms with Crippen LogP contribution in [0.1, 0.15) is 13.8 Å². The Labute approximate surface area is 66.5 Å². The molecule has 0 aromatic heterocycles. The molecule has 0 spiro atoms. The fourth-order valence-corrected chi connectivity index (χ4v) is 1.05. The Morgan fingerprint density at radius 1 is 1.30 bits per heavy atom. The van der Waals surface area contributed by atoms with Gasteiger partial charge in [0.1, 0.15) is 0 Å². The van der Waals surface area contributed by atoms with Crippen molar-refractivity contribution in [1.29, 1.82) is 0 Å². The van der Waals surface area contributed by atoms with Crippen molar-refractivity contribution in [1.82, 2.24) is 0 Å². The first-order valence-corrected chi connectivity index (χ1v) is 3.62. The third kappa shape index (κ3) is 1.41. The van der Waals surface area contributed by atoms with E-state index in [0.29, 0.717) is 5.92 Å². The van der Waals surface area contributed by atoms with Crippen LogP contribution in [0.3, 0.4) is 0 Å². The van der Waals surface area contributed by atoms with Crippen LogP contribution in [-0.2, 0) is 4.29 Å². The van der Waals surface area contributed by atoms with E-state index in [2.05, 4.69) is 12.2 Å². The van der Waals surface area contributed by atoms with Gasteiger partial charge in [-0.3, -0.25) is 4.29 Å². The van der Waals surface area contributed by atoms with Crippen LogP contribution < -0.4 is 0 Å². The third-order valence-corrected chi connectivity index (χ3v) is 2.15. The van der Waals surface area contributed by atoms with Gasteiger partial charge in [-0.25, -0.2) is 0 Å². The molecule has 0 aromatic carbocycles. The molecule has 0 amide bonds. The quantitative estimate of drug-likeness (QED) is 0.601. The Balaban J connectivity index is 2.64. The lowest BCUT2D eigenvalue weighted by molar-refractivity contribution is 0.0973. The molecule has 10 heavy (non-hydrogen) atoms. The second-order valence-corrected chi connectivity index (χ2v) is 3.13. The number of halogens is 1. The predicted molar refractivity (Wildman–Crippen MR) is 42.8 cm³/mol. The Kier molecular flexibility index (Phi) is 2.17. The van der Waals surface area contributed by atoms with Gasteiger partial charge in [0.25, 0.3) is 0 Å². The second kappa shape index (κ2) is 2.77. The lowest BCUT2D eigenvalue weighted by atomic mass is 9.93. The SMILES string of the molecule is CC(C)(OCl)C1C=CC=C1. The maximum atomic E-state index is 5.31. The number of hydrogen-bond acceptors (Lipinski definition) is 1. The molecule has 1 aliphatic rings. The van der Waals surface area contributed by atoms with Crippen LogP contribution in [0, 0.1) is 5.92 Å². The summed E-state index contributed by atoms with van der Waals surface area (Å²) >= 11 is 5.31. The molecule has 0 atom stereocenters. The average Bonchev–Trinajstić information content (AvgIpc) is 2.38. The van der Waals surface area contributed by atoms with Crippen molar-refractivity contribution < 1.29 is 4.29 Å². The zero-order valence-electron chi connectivity index (χ0n) is 6.17. The van der Waals surface area contributed by atoms with Crippen molar-refractivity contribution in [2.75, 3.05) is 0 Å². The molecule has 56 valence electrons. The van der Waals surface area contributed by atoms with E-state index in [-0.39, 0.29) is 5.60 Å². The zero-order valence-corrected chi connectivity index (χ0v) is 6.93. The highest BCUT2D eigenvalue weighted by molar-refractivity contribution is 6.07. The molecule has 0 fully saturated rings. The summed E-state index contributed by atoms with van der Waals surface area (Å²) in [5.74, 6) is 0.310. The molecule has 0 radical (unpaired) electrons. The lowest BCUT2D eigenvalue weighted by Gasteiger charge is -2.24. The van der Waals surface area contributed by atoms with Gasteiger partial charge in [-0.15, -0.1) is 0 Å². The van der Waals surface area contributed by atoms with E-state index in [0.717, 1.165) is 0 Å². The lowest BCUT2D eigenvalue weighted by Crippen LogP contribution is -2.28. The topological polar surface area (TPSA) is 9.23 Å². The molecule has 0 N–H and O–H groups in total. The number of allylic oxidation sites excluding steroid dienone is 2. The van der Waals surface area contributed by atoms with Crippen molar-refractivity contribution in [3.8, 4) is 0 Å². The molecule has 0 heterocycles. The maximum absolute atomic E-state index is 5.31. The molecular weight excluding hydrogens is 148 g/mol. The molecular formula is C8H11ClO. The average molecular weight is 159 g/mol. The van der Waals surface area contributed by atoms with Crippen molar-refractivity contribution in [3.63, 3.8) is 0 Å². The van der Waals surface area contributed by atoms with Gasteiger partial charge >= 0.3 is 0 Å². The molecule has 0 aliphatic heterocycles. The first-order chi connectivity index (χ1) is 4.67. The van der Waals surface area contributed by atoms with Gasteiger partial charge in [0.05, 0.1) is 17.5 Å². The van der Waals surface area contributed by atoms with Crippen LogP contribution in [0.15, 0.2) is 24.3 Å². The molecule has 2 heteroatoms. The third-order valence-electron chi connectivity index (χ3n) is 1.75. The first kappa shape index (κ1) is 7.83. The van der Waals surface area contributed by atoms with E-state index in [1.807, 2.05) is 26.0 Å². The van der Waals surface area contributed by atoms with Gasteiger partial charge in [-0.05, 0) is 13.8 Å². The molecule has 1 rings (SSSR count). The van der Waals surface area contributed by atoms with Gasteiger partial charge in [0.15, 0.2) is 0 Å². The van der Waals surface area contributed by atoms with Crippen LogP contribution in [0.4, 0.5) is 0 Å². The van der Waals surface area contributed by atoms with E-state index in [1.54, 1.807) is 0 Å². The van der Waals surface area contributed by atoms with Gasteiger partial charge in [-0.2, -0.15) is 0 Å². The van der Waals surface area contributed by atoms with Crippen LogP contribution in [0.2, 0.25) is 0 Å². The van der Waals surface area contributed by atoms with E-state index in [9.17, 15) is 0 Å². The maximum Gasteiger partial charge on any atom is 0.0938 e. The normalized spacial score (nSPS) is 18.7. The summed E-state index contributed by atoms with van der Waals surface area (Å²) in [6, 6.07) is 0. The summed E-state index contributed by atoms with van der Waals surface area (Å²) in [4.78, 5) is 0. The summed E-state index contributed by atoms with van der Waals surface area (Å²) in [5, 5.41) is 0. The summed E-state index contributed by atoms with van der Waals surface area (Å²) in [6.45, 7) is 3.93. The number of hydrogen-bond donors (Lipinski definition) is 0. The van der Waals surface area contributed by atoms with Gasteiger partial charge in [0.2, 0.25) is 0 Å². The minimum atomic E-state index is -0.287. The Morgan fingerprint density at radius 3 is 2.20 bits per heavy atom. The molecule has 0 bridgehead atoms. The van der Waals surface area contributed by atoms with Gasteiger partial charge in [-0.1, -0.05) is 24.3 Å². The molecule has 0 saturated heterocycles. The van der Waals surface area contributed by atoms with Crippen molar-refractivity contribution in [3.05, 3.63) is 24.3 Å². The smallest absolute Gasteiger partial charge is 0.0938 e. The Morgan fingerprint density at radius 2 is 1.80 bits per heavy atom. The monoisotopic (exact) mass is 158 g/mol. The van der Waals surface area contributed by atoms with Crippen LogP contribution in [-0.4, -0.2) is 5.60 Å². The van der Waals surface area contributed by atoms with Crippen molar-refractivity contribution in [2.45, 2.75) is 19.4 Å². The summed E-state index contributed by atoms with van der Waals surface area (Å²) < 4.78 is 4.79. The highest BCUT2D eigenvalue weighted by Gasteiger charge is 2.27. The fourth-order valence-electron chi connectivity index (χ4n) is 0.947. The van der Waals surface area contributed by atoms with E-state index in [1.165, 1.54) is 0 Å². The molecule has 1 nitrogen and oxygen atoms in total. The summed E-state index contributed by atoms with van der Waals surface area (Å²) in [5.41, 5.74) is -0.287. The number of rotatable bonds is 2. The molecule has 0 unspecified atom stereocenters. The van der Waals surface area contributed by atoms with Gasteiger partial charge in [0, 0.05) is 5.92 Å². The Hall–Kier alpha value is -0.270. The highest BCUT2D eigenvalue weighted by Crippen LogP contribution is 2.27. The van der Waals surface area contributed by atoms with Crippen LogP contribution >= 0.6 is 11.9 Å². The molecule has 0 saturated carbocycles. The standard InChI is InChI=1S/C8H11ClO/c1-8(2,10-9)7-5-3-4-6-7/h3-7H,1-2H3. The zero-order chi connectivity index (χ0) is 7.61. The van der Waals surface area contributed by atoms with E-state index < -0.39 is 0 Å². The molecule has 1 aliphatic carbocycles. The fraction of sp³-hybridized carbons (Fsp3) is 0.500. The summed E-state index contributed by atoms with van der Waals surface area (Å²) in [6.07, 6.45) is 8.15. The van der Waals surface area contributed by atoms with Crippen molar-refractivity contribution >= 4 is 11.9 Å². The molecule has 0 aromatic rings. The van der Waals surface area contributed by atoms with E-state index in [4.69, 9.17) is 16.2 Å².